The minimum absolute atomic E-state index is 0.171. The lowest BCUT2D eigenvalue weighted by Crippen LogP contribution is -2.22. The second-order valence-electron chi connectivity index (χ2n) is 5.51. The lowest BCUT2D eigenvalue weighted by molar-refractivity contribution is 0.206. The van der Waals surface area contributed by atoms with Crippen LogP contribution in [-0.2, 0) is 6.54 Å². The second-order valence-corrected chi connectivity index (χ2v) is 5.51. The molecule has 1 N–H and O–H groups in total. The highest BCUT2D eigenvalue weighted by atomic mass is 16.5. The Labute approximate surface area is 124 Å². The zero-order valence-electron chi connectivity index (χ0n) is 12.4. The van der Waals surface area contributed by atoms with Crippen LogP contribution in [0.15, 0.2) is 28.8 Å². The Morgan fingerprint density at radius 1 is 1.43 bits per heavy atom. The van der Waals surface area contributed by atoms with E-state index in [9.17, 15) is 5.11 Å². The van der Waals surface area contributed by atoms with Gasteiger partial charge in [0.15, 0.2) is 17.3 Å². The van der Waals surface area contributed by atoms with Crippen molar-refractivity contribution in [1.82, 2.24) is 10.1 Å². The first kappa shape index (κ1) is 13.9. The number of phenols is 1. The molecule has 1 fully saturated rings. The number of aryl methyl sites for hydroxylation is 1. The number of hydrogen-bond acceptors (Lipinski definition) is 5. The smallest absolute Gasteiger partial charge is 0.160 e. The van der Waals surface area contributed by atoms with Crippen molar-refractivity contribution in [3.8, 4) is 11.5 Å². The summed E-state index contributed by atoms with van der Waals surface area (Å²) in [5.41, 5.74) is 2.04. The van der Waals surface area contributed by atoms with Crippen LogP contribution in [0.5, 0.6) is 11.5 Å². The van der Waals surface area contributed by atoms with Gasteiger partial charge >= 0.3 is 0 Å². The SMILES string of the molecule is COc1cc(CN2CCC[C@@H]2c2cc(C)no2)ccc1O. The molecule has 0 unspecified atom stereocenters. The number of nitrogens with zero attached hydrogens (tertiary/aromatic N) is 2. The Morgan fingerprint density at radius 2 is 2.29 bits per heavy atom. The third kappa shape index (κ3) is 2.88. The van der Waals surface area contributed by atoms with Gasteiger partial charge in [-0.15, -0.1) is 0 Å². The Balaban J connectivity index is 1.77. The lowest BCUT2D eigenvalue weighted by Gasteiger charge is -2.22. The van der Waals surface area contributed by atoms with Gasteiger partial charge in [0.1, 0.15) is 0 Å². The quantitative estimate of drug-likeness (QED) is 0.937. The number of ether oxygens (including phenoxy) is 1. The maximum atomic E-state index is 9.67. The molecule has 21 heavy (non-hydrogen) atoms. The van der Waals surface area contributed by atoms with Crippen LogP contribution in [-0.4, -0.2) is 28.8 Å². The number of rotatable bonds is 4. The van der Waals surface area contributed by atoms with E-state index in [0.717, 1.165) is 42.9 Å². The van der Waals surface area contributed by atoms with Crippen molar-refractivity contribution in [3.05, 3.63) is 41.3 Å². The molecule has 1 atom stereocenters. The van der Waals surface area contributed by atoms with Gasteiger partial charge < -0.3 is 14.4 Å². The van der Waals surface area contributed by atoms with Crippen LogP contribution in [0, 0.1) is 6.92 Å². The summed E-state index contributed by atoms with van der Waals surface area (Å²) in [6, 6.07) is 7.79. The fourth-order valence-electron chi connectivity index (χ4n) is 2.93. The van der Waals surface area contributed by atoms with Gasteiger partial charge in [0.2, 0.25) is 0 Å². The summed E-state index contributed by atoms with van der Waals surface area (Å²) in [7, 11) is 1.56. The van der Waals surface area contributed by atoms with E-state index >= 15 is 0 Å². The highest BCUT2D eigenvalue weighted by Crippen LogP contribution is 2.34. The molecule has 5 heteroatoms. The molecule has 0 bridgehead atoms. The average Bonchev–Trinajstić information content (AvgIpc) is 3.09. The molecular formula is C16H20N2O3. The fraction of sp³-hybridized carbons (Fsp3) is 0.438. The number of aromatic nitrogens is 1. The Morgan fingerprint density at radius 3 is 3.00 bits per heavy atom. The van der Waals surface area contributed by atoms with E-state index in [1.165, 1.54) is 0 Å². The van der Waals surface area contributed by atoms with Crippen molar-refractivity contribution in [1.29, 1.82) is 0 Å². The lowest BCUT2D eigenvalue weighted by atomic mass is 10.1. The van der Waals surface area contributed by atoms with Gasteiger partial charge in [-0.3, -0.25) is 4.90 Å². The van der Waals surface area contributed by atoms with Gasteiger partial charge in [0.25, 0.3) is 0 Å². The van der Waals surface area contributed by atoms with Crippen LogP contribution in [0.25, 0.3) is 0 Å². The molecule has 2 heterocycles. The van der Waals surface area contributed by atoms with Gasteiger partial charge in [-0.2, -0.15) is 0 Å². The normalized spacial score (nSPS) is 19.0. The molecule has 0 spiro atoms. The molecule has 1 aliphatic heterocycles. The van der Waals surface area contributed by atoms with E-state index in [4.69, 9.17) is 9.26 Å². The summed E-state index contributed by atoms with van der Waals surface area (Å²) in [6.07, 6.45) is 2.24. The summed E-state index contributed by atoms with van der Waals surface area (Å²) in [5.74, 6) is 1.62. The van der Waals surface area contributed by atoms with E-state index in [0.29, 0.717) is 5.75 Å². The topological polar surface area (TPSA) is 58.7 Å². The average molecular weight is 288 g/mol. The summed E-state index contributed by atoms with van der Waals surface area (Å²) < 4.78 is 10.6. The summed E-state index contributed by atoms with van der Waals surface area (Å²) in [4.78, 5) is 2.38. The number of methoxy groups -OCH3 is 1. The summed E-state index contributed by atoms with van der Waals surface area (Å²) in [5, 5.41) is 13.7. The second kappa shape index (κ2) is 5.77. The summed E-state index contributed by atoms with van der Waals surface area (Å²) >= 11 is 0. The standard InChI is InChI=1S/C16H20N2O3/c1-11-8-15(21-17-11)13-4-3-7-18(13)10-12-5-6-14(19)16(9-12)20-2/h5-6,8-9,13,19H,3-4,7,10H2,1-2H3/t13-/m1/s1. The van der Waals surface area contributed by atoms with Gasteiger partial charge in [-0.1, -0.05) is 11.2 Å². The molecule has 1 aromatic carbocycles. The first-order valence-electron chi connectivity index (χ1n) is 7.20. The number of aromatic hydroxyl groups is 1. The predicted molar refractivity (Wildman–Crippen MR) is 78.3 cm³/mol. The zero-order valence-corrected chi connectivity index (χ0v) is 12.4. The Kier molecular flexibility index (Phi) is 3.84. The van der Waals surface area contributed by atoms with Crippen LogP contribution >= 0.6 is 0 Å². The van der Waals surface area contributed by atoms with Gasteiger partial charge in [-0.05, 0) is 44.0 Å². The molecule has 1 aromatic heterocycles. The van der Waals surface area contributed by atoms with Gasteiger partial charge in [0.05, 0.1) is 18.8 Å². The number of likely N-dealkylation sites (tertiary alicyclic amines) is 1. The van der Waals surface area contributed by atoms with E-state index in [1.54, 1.807) is 13.2 Å². The Hall–Kier alpha value is -2.01. The van der Waals surface area contributed by atoms with Crippen molar-refractivity contribution >= 4 is 0 Å². The number of hydrogen-bond donors (Lipinski definition) is 1. The van der Waals surface area contributed by atoms with Crippen LogP contribution in [0.4, 0.5) is 0 Å². The monoisotopic (exact) mass is 288 g/mol. The third-order valence-corrected chi connectivity index (χ3v) is 3.97. The molecule has 0 aliphatic carbocycles. The maximum Gasteiger partial charge on any atom is 0.160 e. The van der Waals surface area contributed by atoms with Crippen LogP contribution in [0.1, 0.15) is 35.9 Å². The van der Waals surface area contributed by atoms with Gasteiger partial charge in [-0.25, -0.2) is 0 Å². The molecule has 1 saturated heterocycles. The van der Waals surface area contributed by atoms with Crippen molar-refractivity contribution < 1.29 is 14.4 Å². The van der Waals surface area contributed by atoms with E-state index in [1.807, 2.05) is 25.1 Å². The molecule has 0 radical (unpaired) electrons. The molecule has 3 rings (SSSR count). The highest BCUT2D eigenvalue weighted by Gasteiger charge is 2.29. The van der Waals surface area contributed by atoms with E-state index in [-0.39, 0.29) is 11.8 Å². The predicted octanol–water partition coefficient (Wildman–Crippen LogP) is 3.03. The molecule has 0 saturated carbocycles. The number of benzene rings is 1. The highest BCUT2D eigenvalue weighted by molar-refractivity contribution is 5.41. The molecule has 0 amide bonds. The molecule has 1 aliphatic rings. The van der Waals surface area contributed by atoms with Crippen LogP contribution in [0.2, 0.25) is 0 Å². The molecular weight excluding hydrogens is 268 g/mol. The molecule has 5 nitrogen and oxygen atoms in total. The summed E-state index contributed by atoms with van der Waals surface area (Å²) in [6.45, 7) is 3.78. The van der Waals surface area contributed by atoms with E-state index in [2.05, 4.69) is 10.1 Å². The molecule has 2 aromatic rings. The molecule has 112 valence electrons. The largest absolute Gasteiger partial charge is 0.504 e. The number of phenolic OH excluding ortho intramolecular Hbond substituents is 1. The van der Waals surface area contributed by atoms with Crippen LogP contribution in [0.3, 0.4) is 0 Å². The minimum atomic E-state index is 0.171. The van der Waals surface area contributed by atoms with Crippen molar-refractivity contribution in [3.63, 3.8) is 0 Å². The van der Waals surface area contributed by atoms with Gasteiger partial charge in [0, 0.05) is 12.6 Å². The fourth-order valence-corrected chi connectivity index (χ4v) is 2.93. The first-order chi connectivity index (χ1) is 10.2. The van der Waals surface area contributed by atoms with Crippen molar-refractivity contribution in [2.24, 2.45) is 0 Å². The minimum Gasteiger partial charge on any atom is -0.504 e. The van der Waals surface area contributed by atoms with E-state index < -0.39 is 0 Å². The third-order valence-electron chi connectivity index (χ3n) is 3.97. The zero-order chi connectivity index (χ0) is 14.8. The van der Waals surface area contributed by atoms with Crippen LogP contribution < -0.4 is 4.74 Å². The maximum absolute atomic E-state index is 9.67. The first-order valence-corrected chi connectivity index (χ1v) is 7.20. The van der Waals surface area contributed by atoms with Crippen molar-refractivity contribution in [2.45, 2.75) is 32.4 Å². The van der Waals surface area contributed by atoms with Crippen molar-refractivity contribution in [2.75, 3.05) is 13.7 Å². The Bertz CT molecular complexity index is 624.